The van der Waals surface area contributed by atoms with E-state index >= 15 is 0 Å². The molecule has 3 aromatic carbocycles. The Hall–Kier alpha value is -4.31. The molecule has 1 atom stereocenters. The number of rotatable bonds is 6. The monoisotopic (exact) mass is 619 g/mol. The van der Waals surface area contributed by atoms with Gasteiger partial charge >= 0.3 is 6.09 Å². The van der Waals surface area contributed by atoms with Crippen molar-refractivity contribution in [3.63, 3.8) is 0 Å². The Morgan fingerprint density at radius 2 is 1.63 bits per heavy atom. The van der Waals surface area contributed by atoms with Gasteiger partial charge in [0, 0.05) is 55.4 Å². The molecule has 4 aromatic rings. The molecule has 238 valence electrons. The molecule has 0 saturated carbocycles. The summed E-state index contributed by atoms with van der Waals surface area (Å²) in [4.78, 5) is 37.8. The Bertz CT molecular complexity index is 1690. The predicted octanol–water partition coefficient (Wildman–Crippen LogP) is 5.90. The Kier molecular flexibility index (Phi) is 8.71. The van der Waals surface area contributed by atoms with Crippen LogP contribution in [-0.4, -0.2) is 79.3 Å². The van der Waals surface area contributed by atoms with Crippen molar-refractivity contribution in [2.75, 3.05) is 51.5 Å². The van der Waals surface area contributed by atoms with Gasteiger partial charge in [-0.1, -0.05) is 66.7 Å². The van der Waals surface area contributed by atoms with Crippen molar-refractivity contribution in [3.05, 3.63) is 96.1 Å². The van der Waals surface area contributed by atoms with Crippen molar-refractivity contribution in [1.29, 1.82) is 0 Å². The van der Waals surface area contributed by atoms with Gasteiger partial charge in [0.05, 0.1) is 29.6 Å². The lowest BCUT2D eigenvalue weighted by molar-refractivity contribution is 0.0384. The molecule has 1 spiro atoms. The van der Waals surface area contributed by atoms with Crippen LogP contribution in [0.1, 0.15) is 41.6 Å². The summed E-state index contributed by atoms with van der Waals surface area (Å²) >= 11 is 0. The molecule has 1 N–H and O–H groups in total. The van der Waals surface area contributed by atoms with Gasteiger partial charge in [-0.15, -0.1) is 0 Å². The molecule has 0 aliphatic carbocycles. The highest BCUT2D eigenvalue weighted by Gasteiger charge is 2.45. The number of carbonyl (C=O) groups excluding carboxylic acids is 2. The molecule has 3 saturated heterocycles. The fourth-order valence-corrected chi connectivity index (χ4v) is 7.59. The highest BCUT2D eigenvalue weighted by atomic mass is 16.5. The number of aromatic nitrogens is 1. The Morgan fingerprint density at radius 1 is 0.935 bits per heavy atom. The molecule has 2 amide bonds. The van der Waals surface area contributed by atoms with Gasteiger partial charge in [0.15, 0.2) is 0 Å². The van der Waals surface area contributed by atoms with Crippen LogP contribution in [0.4, 0.5) is 10.5 Å². The van der Waals surface area contributed by atoms with Crippen LogP contribution in [0, 0.1) is 5.41 Å². The zero-order chi connectivity index (χ0) is 31.5. The Balaban J connectivity index is 1.25. The third kappa shape index (κ3) is 6.10. The maximum atomic E-state index is 14.5. The molecule has 4 heterocycles. The SMILES string of the molecule is COC(=O)N(NC(=O)c1c(CN2CCC3(CCN(C4CCOCC4)C3)C2)c(-c2ccccc2)nc2ccccc12)c1ccccc1. The molecule has 46 heavy (non-hydrogen) atoms. The van der Waals surface area contributed by atoms with Crippen LogP contribution in [-0.2, 0) is 16.0 Å². The van der Waals surface area contributed by atoms with Gasteiger partial charge in [-0.2, -0.15) is 5.01 Å². The first-order valence-corrected chi connectivity index (χ1v) is 16.3. The third-order valence-corrected chi connectivity index (χ3v) is 9.93. The van der Waals surface area contributed by atoms with E-state index in [1.807, 2.05) is 72.8 Å². The average Bonchev–Trinajstić information content (AvgIpc) is 3.72. The number of hydrogen-bond acceptors (Lipinski definition) is 7. The summed E-state index contributed by atoms with van der Waals surface area (Å²) in [5.41, 5.74) is 7.47. The second kappa shape index (κ2) is 13.2. The lowest BCUT2D eigenvalue weighted by Crippen LogP contribution is -2.47. The van der Waals surface area contributed by atoms with Crippen LogP contribution < -0.4 is 10.4 Å². The van der Waals surface area contributed by atoms with Crippen LogP contribution in [0.2, 0.25) is 0 Å². The smallest absolute Gasteiger partial charge is 0.433 e. The third-order valence-electron chi connectivity index (χ3n) is 9.93. The van der Waals surface area contributed by atoms with E-state index < -0.39 is 6.09 Å². The van der Waals surface area contributed by atoms with E-state index in [2.05, 4.69) is 15.2 Å². The largest absolute Gasteiger partial charge is 0.451 e. The van der Waals surface area contributed by atoms with E-state index in [0.717, 1.165) is 91.4 Å². The van der Waals surface area contributed by atoms with Crippen LogP contribution >= 0.6 is 0 Å². The molecule has 1 aromatic heterocycles. The number of carbonyl (C=O) groups is 2. The van der Waals surface area contributed by atoms with Crippen molar-refractivity contribution in [2.45, 2.75) is 38.3 Å². The van der Waals surface area contributed by atoms with Gasteiger partial charge in [-0.3, -0.25) is 20.0 Å². The fraction of sp³-hybridized carbons (Fsp3) is 0.378. The normalized spacial score (nSPS) is 20.7. The van der Waals surface area contributed by atoms with E-state index in [-0.39, 0.29) is 11.3 Å². The summed E-state index contributed by atoms with van der Waals surface area (Å²) in [6, 6.07) is 27.4. The Labute approximate surface area is 270 Å². The van der Waals surface area contributed by atoms with E-state index in [9.17, 15) is 9.59 Å². The minimum atomic E-state index is -0.681. The number of para-hydroxylation sites is 2. The van der Waals surface area contributed by atoms with Crippen LogP contribution in [0.5, 0.6) is 0 Å². The minimum absolute atomic E-state index is 0.257. The number of fused-ring (bicyclic) bond motifs is 1. The molecule has 7 rings (SSSR count). The summed E-state index contributed by atoms with van der Waals surface area (Å²) < 4.78 is 10.7. The number of amides is 2. The number of ether oxygens (including phenoxy) is 2. The number of nitrogens with zero attached hydrogens (tertiary/aromatic N) is 4. The molecular formula is C37H41N5O4. The number of nitrogens with one attached hydrogen (secondary N) is 1. The van der Waals surface area contributed by atoms with Gasteiger partial charge in [-0.05, 0) is 62.4 Å². The van der Waals surface area contributed by atoms with Crippen molar-refractivity contribution < 1.29 is 19.1 Å². The van der Waals surface area contributed by atoms with Crippen molar-refractivity contribution in [1.82, 2.24) is 20.2 Å². The number of hydrazine groups is 1. The molecule has 0 bridgehead atoms. The average molecular weight is 620 g/mol. The minimum Gasteiger partial charge on any atom is -0.451 e. The molecule has 9 heteroatoms. The number of benzene rings is 3. The molecule has 3 aliphatic heterocycles. The van der Waals surface area contributed by atoms with Crippen molar-refractivity contribution in [2.24, 2.45) is 5.41 Å². The van der Waals surface area contributed by atoms with Crippen molar-refractivity contribution in [3.8, 4) is 11.3 Å². The van der Waals surface area contributed by atoms with Gasteiger partial charge in [-0.25, -0.2) is 9.78 Å². The quantitative estimate of drug-likeness (QED) is 0.269. The fourth-order valence-electron chi connectivity index (χ4n) is 7.59. The van der Waals surface area contributed by atoms with E-state index in [0.29, 0.717) is 23.8 Å². The standard InChI is InChI=1S/C37H41N5O4/c1-45-36(44)42(29-12-6-3-7-13-29)39-35(43)33-30-14-8-9-15-32(30)38-34(27-10-4-2-5-11-27)31(33)24-40-20-18-37(25-40)19-21-41(26-37)28-16-22-46-23-17-28/h2-15,28H,16-26H2,1H3,(H,39,43). The summed E-state index contributed by atoms with van der Waals surface area (Å²) in [6.07, 6.45) is 3.89. The number of pyridine rings is 1. The molecule has 1 unspecified atom stereocenters. The first-order valence-electron chi connectivity index (χ1n) is 16.3. The topological polar surface area (TPSA) is 87.2 Å². The second-order valence-electron chi connectivity index (χ2n) is 12.8. The molecular weight excluding hydrogens is 578 g/mol. The highest BCUT2D eigenvalue weighted by Crippen LogP contribution is 2.42. The maximum Gasteiger partial charge on any atom is 0.433 e. The molecule has 3 fully saturated rings. The maximum absolute atomic E-state index is 14.5. The first-order chi connectivity index (χ1) is 22.5. The second-order valence-corrected chi connectivity index (χ2v) is 12.8. The van der Waals surface area contributed by atoms with Crippen molar-refractivity contribution >= 4 is 28.6 Å². The summed E-state index contributed by atoms with van der Waals surface area (Å²) in [5.74, 6) is -0.388. The lowest BCUT2D eigenvalue weighted by atomic mass is 9.86. The van der Waals surface area contributed by atoms with Gasteiger partial charge in [0.2, 0.25) is 0 Å². The predicted molar refractivity (Wildman–Crippen MR) is 178 cm³/mol. The summed E-state index contributed by atoms with van der Waals surface area (Å²) in [5, 5.41) is 1.91. The van der Waals surface area contributed by atoms with E-state index in [1.165, 1.54) is 13.5 Å². The number of likely N-dealkylation sites (tertiary alicyclic amines) is 2. The van der Waals surface area contributed by atoms with Crippen LogP contribution in [0.25, 0.3) is 22.2 Å². The first kappa shape index (κ1) is 30.3. The molecule has 0 radical (unpaired) electrons. The van der Waals surface area contributed by atoms with E-state index in [4.69, 9.17) is 14.5 Å². The summed E-state index contributed by atoms with van der Waals surface area (Å²) in [6.45, 7) is 6.50. The lowest BCUT2D eigenvalue weighted by Gasteiger charge is -2.32. The number of hydrogen-bond donors (Lipinski definition) is 1. The Morgan fingerprint density at radius 3 is 2.39 bits per heavy atom. The summed E-state index contributed by atoms with van der Waals surface area (Å²) in [7, 11) is 1.31. The molecule has 9 nitrogen and oxygen atoms in total. The van der Waals surface area contributed by atoms with Crippen LogP contribution in [0.3, 0.4) is 0 Å². The zero-order valence-electron chi connectivity index (χ0n) is 26.4. The van der Waals surface area contributed by atoms with Gasteiger partial charge < -0.3 is 9.47 Å². The number of methoxy groups -OCH3 is 1. The van der Waals surface area contributed by atoms with E-state index in [1.54, 1.807) is 12.1 Å². The zero-order valence-corrected chi connectivity index (χ0v) is 26.4. The highest BCUT2D eigenvalue weighted by molar-refractivity contribution is 6.10. The van der Waals surface area contributed by atoms with Gasteiger partial charge in [0.25, 0.3) is 5.91 Å². The molecule has 3 aliphatic rings. The van der Waals surface area contributed by atoms with Gasteiger partial charge in [0.1, 0.15) is 0 Å². The van der Waals surface area contributed by atoms with Crippen LogP contribution in [0.15, 0.2) is 84.9 Å². The number of anilines is 1.